The van der Waals surface area contributed by atoms with Crippen molar-refractivity contribution in [3.05, 3.63) is 46.8 Å². The molecule has 0 saturated heterocycles. The fraction of sp³-hybridized carbons (Fsp3) is 0.222. The number of amides is 1. The summed E-state index contributed by atoms with van der Waals surface area (Å²) in [6, 6.07) is 9.29. The molecule has 8 nitrogen and oxygen atoms in total. The van der Waals surface area contributed by atoms with Gasteiger partial charge in [-0.3, -0.25) is 9.59 Å². The first kappa shape index (κ1) is 20.2. The van der Waals surface area contributed by atoms with Gasteiger partial charge in [-0.25, -0.2) is 4.98 Å². The normalized spacial score (nSPS) is 10.7. The number of hydrogen-bond donors (Lipinski definition) is 1. The van der Waals surface area contributed by atoms with Gasteiger partial charge in [0, 0.05) is 10.5 Å². The van der Waals surface area contributed by atoms with Crippen LogP contribution < -0.4 is 5.32 Å². The number of carbonyl (C=O) groups is 2. The molecule has 0 spiro atoms. The maximum Gasteiger partial charge on any atom is 0.325 e. The Hall–Kier alpha value is -2.59. The van der Waals surface area contributed by atoms with Crippen LogP contribution in [0, 0.1) is 6.92 Å². The zero-order chi connectivity index (χ0) is 20.1. The van der Waals surface area contributed by atoms with E-state index in [1.165, 1.54) is 18.9 Å². The number of nitrogens with zero attached hydrogens (tertiary/aromatic N) is 3. The molecule has 1 aromatic carbocycles. The number of hydrogen-bond acceptors (Lipinski definition) is 7. The Bertz CT molecular complexity index is 984. The van der Waals surface area contributed by atoms with E-state index in [1.807, 2.05) is 24.3 Å². The molecule has 1 N–H and O–H groups in total. The molecule has 0 saturated carbocycles. The van der Waals surface area contributed by atoms with E-state index in [-0.39, 0.29) is 18.2 Å². The van der Waals surface area contributed by atoms with E-state index in [0.29, 0.717) is 16.7 Å². The molecule has 0 radical (unpaired) electrons. The highest BCUT2D eigenvalue weighted by Gasteiger charge is 2.17. The first-order chi connectivity index (χ1) is 13.5. The molecule has 1 amide bonds. The van der Waals surface area contributed by atoms with Crippen molar-refractivity contribution in [1.29, 1.82) is 0 Å². The lowest BCUT2D eigenvalue weighted by atomic mass is 10.2. The van der Waals surface area contributed by atoms with Crippen molar-refractivity contribution in [2.45, 2.75) is 18.6 Å². The van der Waals surface area contributed by atoms with Crippen LogP contribution >= 0.6 is 27.7 Å². The number of thioether (sulfide) groups is 1. The average molecular weight is 465 g/mol. The van der Waals surface area contributed by atoms with E-state index in [2.05, 4.69) is 31.4 Å². The number of aromatic nitrogens is 3. The molecule has 0 aliphatic heterocycles. The third-order valence-corrected chi connectivity index (χ3v) is 5.22. The van der Waals surface area contributed by atoms with Crippen molar-refractivity contribution in [2.75, 3.05) is 18.2 Å². The van der Waals surface area contributed by atoms with Crippen molar-refractivity contribution >= 4 is 45.4 Å². The quantitative estimate of drug-likeness (QED) is 0.421. The number of esters is 1. The molecular formula is C18H17BrN4O4S. The Balaban J connectivity index is 1.76. The predicted octanol–water partition coefficient (Wildman–Crippen LogP) is 3.51. The minimum atomic E-state index is -0.402. The Morgan fingerprint density at radius 3 is 2.71 bits per heavy atom. The van der Waals surface area contributed by atoms with Gasteiger partial charge in [0.15, 0.2) is 11.0 Å². The lowest BCUT2D eigenvalue weighted by Crippen LogP contribution is -2.16. The minimum absolute atomic E-state index is 0.00562. The number of benzene rings is 1. The van der Waals surface area contributed by atoms with Crippen LogP contribution in [-0.2, 0) is 20.9 Å². The van der Waals surface area contributed by atoms with Gasteiger partial charge < -0.3 is 19.1 Å². The summed E-state index contributed by atoms with van der Waals surface area (Å²) in [5.74, 6) is 0.410. The molecule has 2 heterocycles. The smallest absolute Gasteiger partial charge is 0.325 e. The van der Waals surface area contributed by atoms with Crippen molar-refractivity contribution in [2.24, 2.45) is 0 Å². The second-order valence-corrected chi connectivity index (χ2v) is 7.61. The number of nitrogens with one attached hydrogen (secondary N) is 1. The summed E-state index contributed by atoms with van der Waals surface area (Å²) in [4.78, 5) is 28.4. The van der Waals surface area contributed by atoms with Gasteiger partial charge in [-0.2, -0.15) is 0 Å². The topological polar surface area (TPSA) is 99.2 Å². The monoisotopic (exact) mass is 464 g/mol. The van der Waals surface area contributed by atoms with Gasteiger partial charge in [0.1, 0.15) is 12.3 Å². The lowest BCUT2D eigenvalue weighted by Gasteiger charge is -2.11. The fourth-order valence-corrected chi connectivity index (χ4v) is 3.45. The zero-order valence-electron chi connectivity index (χ0n) is 15.1. The predicted molar refractivity (Wildman–Crippen MR) is 108 cm³/mol. The molecule has 0 bridgehead atoms. The summed E-state index contributed by atoms with van der Waals surface area (Å²) in [7, 11) is 1.33. The Morgan fingerprint density at radius 1 is 1.32 bits per heavy atom. The van der Waals surface area contributed by atoms with Gasteiger partial charge in [0.05, 0.1) is 24.8 Å². The third-order valence-electron chi connectivity index (χ3n) is 3.70. The van der Waals surface area contributed by atoms with E-state index in [9.17, 15) is 9.59 Å². The first-order valence-corrected chi connectivity index (χ1v) is 9.98. The molecule has 10 heteroatoms. The summed E-state index contributed by atoms with van der Waals surface area (Å²) in [5, 5.41) is 6.92. The van der Waals surface area contributed by atoms with Gasteiger partial charge in [-0.05, 0) is 24.6 Å². The van der Waals surface area contributed by atoms with Crippen LogP contribution in [0.15, 0.2) is 50.7 Å². The van der Waals surface area contributed by atoms with Crippen LogP contribution in [0.2, 0.25) is 0 Å². The van der Waals surface area contributed by atoms with Crippen molar-refractivity contribution in [3.63, 3.8) is 0 Å². The van der Waals surface area contributed by atoms with Crippen LogP contribution in [-0.4, -0.2) is 39.4 Å². The minimum Gasteiger partial charge on any atom is -0.468 e. The SMILES string of the molecule is COC(=O)Cn1c(-c2ccc(Br)cc2)cnc1SCC(=O)Nc1cc(C)on1. The highest BCUT2D eigenvalue weighted by atomic mass is 79.9. The third kappa shape index (κ3) is 5.02. The number of anilines is 1. The number of ether oxygens (including phenoxy) is 1. The first-order valence-electron chi connectivity index (χ1n) is 8.20. The fourth-order valence-electron chi connectivity index (χ4n) is 2.41. The van der Waals surface area contributed by atoms with Gasteiger partial charge in [0.2, 0.25) is 5.91 Å². The van der Waals surface area contributed by atoms with Gasteiger partial charge in [-0.1, -0.05) is 45.0 Å². The summed E-state index contributed by atoms with van der Waals surface area (Å²) in [6.45, 7) is 1.74. The highest BCUT2D eigenvalue weighted by molar-refractivity contribution is 9.10. The van der Waals surface area contributed by atoms with Gasteiger partial charge in [0.25, 0.3) is 0 Å². The van der Waals surface area contributed by atoms with E-state index < -0.39 is 5.97 Å². The molecule has 0 unspecified atom stereocenters. The maximum absolute atomic E-state index is 12.2. The average Bonchev–Trinajstić information content (AvgIpc) is 3.26. The number of imidazole rings is 1. The molecule has 0 aliphatic rings. The molecule has 3 rings (SSSR count). The largest absolute Gasteiger partial charge is 0.468 e. The van der Waals surface area contributed by atoms with Crippen LogP contribution in [0.5, 0.6) is 0 Å². The summed E-state index contributed by atoms with van der Waals surface area (Å²) in [6.07, 6.45) is 1.67. The molecule has 28 heavy (non-hydrogen) atoms. The molecule has 0 fully saturated rings. The highest BCUT2D eigenvalue weighted by Crippen LogP contribution is 2.27. The second-order valence-electron chi connectivity index (χ2n) is 5.75. The number of carbonyl (C=O) groups excluding carboxylic acids is 2. The Labute approximate surface area is 173 Å². The van der Waals surface area contributed by atoms with E-state index in [1.54, 1.807) is 23.8 Å². The van der Waals surface area contributed by atoms with Crippen LogP contribution in [0.1, 0.15) is 5.76 Å². The van der Waals surface area contributed by atoms with Crippen LogP contribution in [0.25, 0.3) is 11.3 Å². The standard InChI is InChI=1S/C18H17BrN4O4S/c1-11-7-15(22-27-11)21-16(24)10-28-18-20-8-14(23(18)9-17(25)26-2)12-3-5-13(19)6-4-12/h3-8H,9-10H2,1-2H3,(H,21,22,24). The second kappa shape index (κ2) is 9.07. The molecule has 0 atom stereocenters. The number of aryl methyl sites for hydroxylation is 1. The van der Waals surface area contributed by atoms with Crippen LogP contribution in [0.3, 0.4) is 0 Å². The molecular weight excluding hydrogens is 448 g/mol. The number of halogens is 1. The number of methoxy groups -OCH3 is 1. The zero-order valence-corrected chi connectivity index (χ0v) is 17.5. The van der Waals surface area contributed by atoms with Crippen molar-refractivity contribution in [1.82, 2.24) is 14.7 Å². The maximum atomic E-state index is 12.2. The van der Waals surface area contributed by atoms with Crippen molar-refractivity contribution in [3.8, 4) is 11.3 Å². The van der Waals surface area contributed by atoms with Gasteiger partial charge >= 0.3 is 5.97 Å². The molecule has 0 aliphatic carbocycles. The van der Waals surface area contributed by atoms with E-state index in [4.69, 9.17) is 9.26 Å². The molecule has 3 aromatic rings. The van der Waals surface area contributed by atoms with E-state index in [0.717, 1.165) is 15.7 Å². The number of rotatable bonds is 7. The summed E-state index contributed by atoms with van der Waals surface area (Å²) < 4.78 is 12.4. The Morgan fingerprint density at radius 2 is 2.07 bits per heavy atom. The summed E-state index contributed by atoms with van der Waals surface area (Å²) in [5.41, 5.74) is 1.65. The molecule has 146 valence electrons. The van der Waals surface area contributed by atoms with Crippen LogP contribution in [0.4, 0.5) is 5.82 Å². The van der Waals surface area contributed by atoms with E-state index >= 15 is 0 Å². The summed E-state index contributed by atoms with van der Waals surface area (Å²) >= 11 is 4.62. The molecule has 2 aromatic heterocycles. The lowest BCUT2D eigenvalue weighted by molar-refractivity contribution is -0.141. The van der Waals surface area contributed by atoms with Gasteiger partial charge in [-0.15, -0.1) is 0 Å². The van der Waals surface area contributed by atoms with Crippen molar-refractivity contribution < 1.29 is 18.8 Å². The Kier molecular flexibility index (Phi) is 6.53.